The molecule has 0 aromatic rings. The van der Waals surface area contributed by atoms with Crippen molar-refractivity contribution >= 4 is 7.48 Å². The Morgan fingerprint density at radius 2 is 2.23 bits per heavy atom. The molecule has 2 aliphatic rings. The van der Waals surface area contributed by atoms with Crippen LogP contribution in [-0.4, -0.2) is 12.5 Å². The molecule has 0 spiro atoms. The first-order chi connectivity index (χ1) is 6.27. The Morgan fingerprint density at radius 1 is 1.38 bits per heavy atom. The van der Waals surface area contributed by atoms with Crippen LogP contribution in [0.2, 0.25) is 5.82 Å². The van der Waals surface area contributed by atoms with Crippen LogP contribution in [0.25, 0.3) is 0 Å². The van der Waals surface area contributed by atoms with Crippen molar-refractivity contribution in [3.8, 4) is 0 Å². The molecule has 1 nitrogen and oxygen atoms in total. The van der Waals surface area contributed by atoms with Crippen LogP contribution < -0.4 is 0 Å². The van der Waals surface area contributed by atoms with Crippen molar-refractivity contribution in [3.05, 3.63) is 48.1 Å². The molecule has 2 aliphatic carbocycles. The molecule has 65 valence electrons. The lowest BCUT2D eigenvalue weighted by Crippen LogP contribution is -2.28. The summed E-state index contributed by atoms with van der Waals surface area (Å²) >= 11 is 0. The van der Waals surface area contributed by atoms with Gasteiger partial charge in [-0.3, -0.25) is 0 Å². The zero-order chi connectivity index (χ0) is 9.31. The van der Waals surface area contributed by atoms with Crippen LogP contribution in [0.5, 0.6) is 0 Å². The topological polar surface area (TPSA) is 20.2 Å². The Labute approximate surface area is 79.4 Å². The zero-order valence-corrected chi connectivity index (χ0v) is 7.64. The average molecular weight is 171 g/mol. The average Bonchev–Trinajstić information content (AvgIpc) is 2.16. The lowest BCUT2D eigenvalue weighted by molar-refractivity contribution is 0.479. The van der Waals surface area contributed by atoms with Crippen LogP contribution in [0.15, 0.2) is 48.1 Å². The third kappa shape index (κ3) is 1.22. The minimum atomic E-state index is -0.0573. The highest BCUT2D eigenvalue weighted by atomic mass is 16.2. The molecule has 0 heterocycles. The van der Waals surface area contributed by atoms with E-state index in [1.54, 1.807) is 0 Å². The van der Waals surface area contributed by atoms with Crippen molar-refractivity contribution in [1.82, 2.24) is 0 Å². The van der Waals surface area contributed by atoms with Gasteiger partial charge in [0.05, 0.1) is 0 Å². The summed E-state index contributed by atoms with van der Waals surface area (Å²) < 4.78 is 0. The van der Waals surface area contributed by atoms with Gasteiger partial charge in [0, 0.05) is 5.41 Å². The second kappa shape index (κ2) is 3.04. The number of rotatable bonds is 1. The van der Waals surface area contributed by atoms with Gasteiger partial charge in [0.1, 0.15) is 0 Å². The summed E-state index contributed by atoms with van der Waals surface area (Å²) in [5, 5.41) is 9.13. The monoisotopic (exact) mass is 171 g/mol. The first kappa shape index (κ1) is 8.58. The van der Waals surface area contributed by atoms with Gasteiger partial charge in [-0.2, -0.15) is 0 Å². The summed E-state index contributed by atoms with van der Waals surface area (Å²) in [6, 6.07) is 0. The number of hydrogen-bond donors (Lipinski definition) is 1. The summed E-state index contributed by atoms with van der Waals surface area (Å²) in [6.45, 7) is 2.14. The Bertz CT molecular complexity index is 325. The molecule has 2 atom stereocenters. The van der Waals surface area contributed by atoms with E-state index in [0.29, 0.717) is 0 Å². The minimum absolute atomic E-state index is 0.0573. The number of allylic oxidation sites excluding steroid dienone is 8. The summed E-state index contributed by atoms with van der Waals surface area (Å²) in [5.41, 5.74) is 1.20. The Balaban J connectivity index is 2.43. The molecule has 13 heavy (non-hydrogen) atoms. The SMILES string of the molecule is CC12C=CC=CC1=CC=CC2[B]O. The quantitative estimate of drug-likeness (QED) is 0.598. The zero-order valence-electron chi connectivity index (χ0n) is 7.64. The molecule has 0 fully saturated rings. The van der Waals surface area contributed by atoms with E-state index in [0.717, 1.165) is 0 Å². The molecule has 1 radical (unpaired) electrons. The molecule has 0 aliphatic heterocycles. The van der Waals surface area contributed by atoms with Crippen LogP contribution in [0.1, 0.15) is 6.92 Å². The van der Waals surface area contributed by atoms with Crippen LogP contribution in [-0.2, 0) is 0 Å². The lowest BCUT2D eigenvalue weighted by atomic mass is 9.57. The maximum absolute atomic E-state index is 9.13. The largest absolute Gasteiger partial charge is 0.454 e. The predicted molar refractivity (Wildman–Crippen MR) is 55.3 cm³/mol. The molecule has 0 aromatic carbocycles. The predicted octanol–water partition coefficient (Wildman–Crippen LogP) is 2.01. The Kier molecular flexibility index (Phi) is 2.00. The van der Waals surface area contributed by atoms with Crippen molar-refractivity contribution in [3.63, 3.8) is 0 Å². The van der Waals surface area contributed by atoms with Gasteiger partial charge in [-0.25, -0.2) is 0 Å². The van der Waals surface area contributed by atoms with Crippen LogP contribution >= 0.6 is 0 Å². The van der Waals surface area contributed by atoms with Gasteiger partial charge in [0.15, 0.2) is 0 Å². The van der Waals surface area contributed by atoms with Crippen LogP contribution in [0.3, 0.4) is 0 Å². The maximum Gasteiger partial charge on any atom is 0.295 e. The number of fused-ring (bicyclic) bond motifs is 1. The van der Waals surface area contributed by atoms with Crippen molar-refractivity contribution in [1.29, 1.82) is 0 Å². The normalized spacial score (nSPS) is 35.5. The molecule has 1 N–H and O–H groups in total. The van der Waals surface area contributed by atoms with E-state index in [9.17, 15) is 0 Å². The highest BCUT2D eigenvalue weighted by Gasteiger charge is 2.35. The summed E-state index contributed by atoms with van der Waals surface area (Å²) in [6.07, 6.45) is 14.4. The van der Waals surface area contributed by atoms with Crippen molar-refractivity contribution in [2.45, 2.75) is 12.7 Å². The molecular formula is C11H12BO. The van der Waals surface area contributed by atoms with Gasteiger partial charge in [0.25, 0.3) is 7.48 Å². The second-order valence-electron chi connectivity index (χ2n) is 3.68. The minimum Gasteiger partial charge on any atom is -0.454 e. The molecule has 2 unspecified atom stereocenters. The van der Waals surface area contributed by atoms with Crippen LogP contribution in [0.4, 0.5) is 0 Å². The Hall–Kier alpha value is -1.02. The second-order valence-corrected chi connectivity index (χ2v) is 3.68. The highest BCUT2D eigenvalue weighted by molar-refractivity contribution is 6.29. The summed E-state index contributed by atoms with van der Waals surface area (Å²) in [5.74, 6) is 0.0914. The highest BCUT2D eigenvalue weighted by Crippen LogP contribution is 2.45. The third-order valence-electron chi connectivity index (χ3n) is 2.90. The van der Waals surface area contributed by atoms with Crippen molar-refractivity contribution in [2.75, 3.05) is 0 Å². The number of hydrogen-bond acceptors (Lipinski definition) is 1. The molecule has 0 aromatic heterocycles. The maximum atomic E-state index is 9.13. The van der Waals surface area contributed by atoms with E-state index in [4.69, 9.17) is 5.02 Å². The molecular weight excluding hydrogens is 159 g/mol. The summed E-state index contributed by atoms with van der Waals surface area (Å²) in [7, 11) is 1.27. The molecule has 0 saturated carbocycles. The molecule has 2 heteroatoms. The van der Waals surface area contributed by atoms with Gasteiger partial charge in [-0.05, 0) is 11.4 Å². The van der Waals surface area contributed by atoms with Crippen molar-refractivity contribution < 1.29 is 5.02 Å². The lowest BCUT2D eigenvalue weighted by Gasteiger charge is -2.36. The van der Waals surface area contributed by atoms with Gasteiger partial charge in [-0.1, -0.05) is 49.5 Å². The summed E-state index contributed by atoms with van der Waals surface area (Å²) in [4.78, 5) is 0. The van der Waals surface area contributed by atoms with E-state index >= 15 is 0 Å². The smallest absolute Gasteiger partial charge is 0.295 e. The van der Waals surface area contributed by atoms with E-state index in [1.165, 1.54) is 13.1 Å². The first-order valence-electron chi connectivity index (χ1n) is 4.50. The van der Waals surface area contributed by atoms with E-state index in [-0.39, 0.29) is 11.2 Å². The van der Waals surface area contributed by atoms with E-state index in [1.807, 2.05) is 24.3 Å². The Morgan fingerprint density at radius 3 is 3.00 bits per heavy atom. The van der Waals surface area contributed by atoms with Crippen LogP contribution in [0, 0.1) is 5.41 Å². The standard InChI is InChI=1S/C11H12BO/c1-11-8-3-2-5-9(11)6-4-7-10(11)12-13/h2-8,10,13H,1H3. The van der Waals surface area contributed by atoms with Gasteiger partial charge in [-0.15, -0.1) is 0 Å². The van der Waals surface area contributed by atoms with Gasteiger partial charge < -0.3 is 5.02 Å². The molecule has 2 rings (SSSR count). The molecule has 0 saturated heterocycles. The van der Waals surface area contributed by atoms with E-state index < -0.39 is 0 Å². The van der Waals surface area contributed by atoms with E-state index in [2.05, 4.69) is 25.2 Å². The fraction of sp³-hybridized carbons (Fsp3) is 0.273. The van der Waals surface area contributed by atoms with Crippen molar-refractivity contribution in [2.24, 2.45) is 5.41 Å². The molecule has 0 bridgehead atoms. The fourth-order valence-corrected chi connectivity index (χ4v) is 1.91. The fourth-order valence-electron chi connectivity index (χ4n) is 1.91. The van der Waals surface area contributed by atoms with Gasteiger partial charge >= 0.3 is 0 Å². The molecule has 0 amide bonds. The van der Waals surface area contributed by atoms with Gasteiger partial charge in [0.2, 0.25) is 0 Å². The third-order valence-corrected chi connectivity index (χ3v) is 2.90. The first-order valence-corrected chi connectivity index (χ1v) is 4.50.